The molecular formula is C19H19N3O2S. The normalized spacial score (nSPS) is 11.6. The molecule has 1 aromatic heterocycles. The summed E-state index contributed by atoms with van der Waals surface area (Å²) < 4.78 is 5.58. The van der Waals surface area contributed by atoms with Gasteiger partial charge in [0.05, 0.1) is 5.75 Å². The van der Waals surface area contributed by atoms with E-state index in [2.05, 4.69) is 27.6 Å². The van der Waals surface area contributed by atoms with Crippen molar-refractivity contribution in [3.63, 3.8) is 0 Å². The molecule has 0 fully saturated rings. The number of benzene rings is 2. The first-order valence-electron chi connectivity index (χ1n) is 8.11. The van der Waals surface area contributed by atoms with E-state index in [0.717, 1.165) is 29.7 Å². The molecule has 25 heavy (non-hydrogen) atoms. The molecule has 3 rings (SSSR count). The van der Waals surface area contributed by atoms with Crippen molar-refractivity contribution in [2.75, 3.05) is 5.75 Å². The predicted octanol–water partition coefficient (Wildman–Crippen LogP) is 4.04. The summed E-state index contributed by atoms with van der Waals surface area (Å²) in [4.78, 5) is 16.3. The molecule has 0 spiro atoms. The highest BCUT2D eigenvalue weighted by molar-refractivity contribution is 7.99. The molecule has 128 valence electrons. The summed E-state index contributed by atoms with van der Waals surface area (Å²) in [5.41, 5.74) is 6.25. The maximum Gasteiger partial charge on any atom is 0.257 e. The number of amides is 1. The maximum atomic E-state index is 12.0. The number of nitrogens with one attached hydrogen (secondary N) is 1. The lowest BCUT2D eigenvalue weighted by atomic mass is 10.1. The lowest BCUT2D eigenvalue weighted by Gasteiger charge is -2.05. The molecule has 1 N–H and O–H groups in total. The first kappa shape index (κ1) is 17.2. The molecule has 5 nitrogen and oxygen atoms in total. The number of carbonyl (C=O) groups is 1. The number of para-hydroxylation sites is 2. The smallest absolute Gasteiger partial charge is 0.257 e. The second-order valence-electron chi connectivity index (χ2n) is 5.47. The Morgan fingerprint density at radius 3 is 2.68 bits per heavy atom. The first-order chi connectivity index (χ1) is 12.2. The molecule has 0 saturated carbocycles. The van der Waals surface area contributed by atoms with Crippen molar-refractivity contribution in [2.45, 2.75) is 25.0 Å². The van der Waals surface area contributed by atoms with Gasteiger partial charge in [-0.05, 0) is 24.1 Å². The molecule has 0 aliphatic heterocycles. The van der Waals surface area contributed by atoms with Crippen LogP contribution >= 0.6 is 11.8 Å². The number of fused-ring (bicyclic) bond motifs is 1. The van der Waals surface area contributed by atoms with Gasteiger partial charge in [-0.25, -0.2) is 10.4 Å². The molecule has 0 saturated heterocycles. The summed E-state index contributed by atoms with van der Waals surface area (Å²) in [5.74, 6) is 0.0322. The molecule has 2 aromatic carbocycles. The van der Waals surface area contributed by atoms with Gasteiger partial charge in [-0.3, -0.25) is 4.79 Å². The summed E-state index contributed by atoms with van der Waals surface area (Å²) >= 11 is 1.26. The summed E-state index contributed by atoms with van der Waals surface area (Å²) in [6.07, 6.45) is 1.52. The van der Waals surface area contributed by atoms with Gasteiger partial charge in [0.25, 0.3) is 11.1 Å². The second kappa shape index (κ2) is 8.48. The topological polar surface area (TPSA) is 67.5 Å². The maximum absolute atomic E-state index is 12.0. The van der Waals surface area contributed by atoms with Crippen LogP contribution in [0.4, 0.5) is 0 Å². The van der Waals surface area contributed by atoms with Gasteiger partial charge >= 0.3 is 0 Å². The van der Waals surface area contributed by atoms with E-state index >= 15 is 0 Å². The van der Waals surface area contributed by atoms with E-state index in [1.54, 1.807) is 0 Å². The molecule has 6 heteroatoms. The number of oxazole rings is 1. The van der Waals surface area contributed by atoms with E-state index in [4.69, 9.17) is 4.42 Å². The average molecular weight is 353 g/mol. The highest BCUT2D eigenvalue weighted by Gasteiger charge is 2.09. The minimum absolute atomic E-state index is 0.175. The predicted molar refractivity (Wildman–Crippen MR) is 101 cm³/mol. The van der Waals surface area contributed by atoms with Crippen molar-refractivity contribution in [1.29, 1.82) is 0 Å². The van der Waals surface area contributed by atoms with Crippen LogP contribution in [0.3, 0.4) is 0 Å². The summed E-state index contributed by atoms with van der Waals surface area (Å²) in [5, 5.41) is 4.73. The molecular weight excluding hydrogens is 334 g/mol. The van der Waals surface area contributed by atoms with E-state index < -0.39 is 0 Å². The van der Waals surface area contributed by atoms with Gasteiger partial charge in [-0.1, -0.05) is 61.2 Å². The van der Waals surface area contributed by atoms with Gasteiger partial charge in [0, 0.05) is 12.1 Å². The van der Waals surface area contributed by atoms with Gasteiger partial charge in [0.1, 0.15) is 5.52 Å². The van der Waals surface area contributed by atoms with Gasteiger partial charge in [0.2, 0.25) is 0 Å². The molecule has 3 aromatic rings. The highest BCUT2D eigenvalue weighted by Crippen LogP contribution is 2.22. The van der Waals surface area contributed by atoms with E-state index in [1.165, 1.54) is 17.3 Å². The van der Waals surface area contributed by atoms with Crippen molar-refractivity contribution in [3.8, 4) is 0 Å². The Bertz CT molecular complexity index is 842. The standard InChI is InChI=1S/C19H19N3O2S/c1-2-15(12-14-8-4-3-5-9-14)21-22-18(23)13-25-19-20-16-10-6-7-11-17(16)24-19/h3-11H,2,12-13H2,1H3,(H,22,23)/b21-15-. The first-order valence-corrected chi connectivity index (χ1v) is 9.09. The Labute approximate surface area is 150 Å². The lowest BCUT2D eigenvalue weighted by molar-refractivity contribution is -0.118. The quantitative estimate of drug-likeness (QED) is 0.395. The van der Waals surface area contributed by atoms with Crippen LogP contribution in [0.15, 0.2) is 69.3 Å². The van der Waals surface area contributed by atoms with Crippen LogP contribution in [0.1, 0.15) is 18.9 Å². The Hall–Kier alpha value is -2.60. The van der Waals surface area contributed by atoms with E-state index in [9.17, 15) is 4.79 Å². The van der Waals surface area contributed by atoms with Crippen LogP contribution in [0.2, 0.25) is 0 Å². The molecule has 0 atom stereocenters. The number of hydrogen-bond acceptors (Lipinski definition) is 5. The Kier molecular flexibility index (Phi) is 5.85. The van der Waals surface area contributed by atoms with E-state index in [0.29, 0.717) is 5.22 Å². The van der Waals surface area contributed by atoms with Crippen molar-refractivity contribution in [3.05, 3.63) is 60.2 Å². The van der Waals surface area contributed by atoms with E-state index in [-0.39, 0.29) is 11.7 Å². The summed E-state index contributed by atoms with van der Waals surface area (Å²) in [7, 11) is 0. The van der Waals surface area contributed by atoms with Crippen LogP contribution < -0.4 is 5.43 Å². The fourth-order valence-corrected chi connectivity index (χ4v) is 2.92. The van der Waals surface area contributed by atoms with E-state index in [1.807, 2.05) is 49.4 Å². The molecule has 0 aliphatic rings. The number of hydrogen-bond donors (Lipinski definition) is 1. The molecule has 0 radical (unpaired) electrons. The largest absolute Gasteiger partial charge is 0.431 e. The monoisotopic (exact) mass is 353 g/mol. The zero-order valence-corrected chi connectivity index (χ0v) is 14.8. The number of hydrazone groups is 1. The van der Waals surface area contributed by atoms with Crippen LogP contribution in [0.25, 0.3) is 11.1 Å². The molecule has 0 aliphatic carbocycles. The van der Waals surface area contributed by atoms with Gasteiger partial charge in [0.15, 0.2) is 5.58 Å². The Balaban J connectivity index is 1.52. The third kappa shape index (κ3) is 4.93. The highest BCUT2D eigenvalue weighted by atomic mass is 32.2. The summed E-state index contributed by atoms with van der Waals surface area (Å²) in [6, 6.07) is 17.6. The molecule has 0 unspecified atom stereocenters. The van der Waals surface area contributed by atoms with Crippen LogP contribution in [-0.2, 0) is 11.2 Å². The molecule has 1 amide bonds. The fourth-order valence-electron chi connectivity index (χ4n) is 2.29. The van der Waals surface area contributed by atoms with Gasteiger partial charge < -0.3 is 4.42 Å². The van der Waals surface area contributed by atoms with Crippen LogP contribution in [0, 0.1) is 0 Å². The van der Waals surface area contributed by atoms with Crippen molar-refractivity contribution in [1.82, 2.24) is 10.4 Å². The van der Waals surface area contributed by atoms with Gasteiger partial charge in [-0.2, -0.15) is 5.10 Å². The zero-order valence-electron chi connectivity index (χ0n) is 13.9. The molecule has 1 heterocycles. The third-order valence-electron chi connectivity index (χ3n) is 3.60. The average Bonchev–Trinajstić information content (AvgIpc) is 3.07. The number of carbonyl (C=O) groups excluding carboxylic acids is 1. The lowest BCUT2D eigenvalue weighted by Crippen LogP contribution is -2.22. The Morgan fingerprint density at radius 1 is 1.16 bits per heavy atom. The van der Waals surface area contributed by atoms with Gasteiger partial charge in [-0.15, -0.1) is 0 Å². The minimum Gasteiger partial charge on any atom is -0.431 e. The number of rotatable bonds is 7. The second-order valence-corrected chi connectivity index (χ2v) is 6.39. The zero-order chi connectivity index (χ0) is 17.5. The van der Waals surface area contributed by atoms with Crippen LogP contribution in [0.5, 0.6) is 0 Å². The fraction of sp³-hybridized carbons (Fsp3) is 0.211. The number of nitrogens with zero attached hydrogens (tertiary/aromatic N) is 2. The van der Waals surface area contributed by atoms with Crippen LogP contribution in [-0.4, -0.2) is 22.4 Å². The van der Waals surface area contributed by atoms with Crippen molar-refractivity contribution in [2.24, 2.45) is 5.10 Å². The number of thioether (sulfide) groups is 1. The minimum atomic E-state index is -0.175. The molecule has 0 bridgehead atoms. The summed E-state index contributed by atoms with van der Waals surface area (Å²) in [6.45, 7) is 2.03. The van der Waals surface area contributed by atoms with Crippen molar-refractivity contribution >= 4 is 34.5 Å². The van der Waals surface area contributed by atoms with Crippen molar-refractivity contribution < 1.29 is 9.21 Å². The number of aromatic nitrogens is 1. The Morgan fingerprint density at radius 2 is 1.92 bits per heavy atom. The SMILES string of the molecule is CC/C(Cc1ccccc1)=N/NC(=O)CSc1nc2ccccc2o1. The third-order valence-corrected chi connectivity index (χ3v) is 4.43.